The first kappa shape index (κ1) is 22.1. The Kier molecular flexibility index (Phi) is 7.65. The van der Waals surface area contributed by atoms with Crippen LogP contribution in [0.15, 0.2) is 42.5 Å². The average Bonchev–Trinajstić information content (AvgIpc) is 3.19. The Labute approximate surface area is 182 Å². The van der Waals surface area contributed by atoms with E-state index in [0.29, 0.717) is 29.6 Å². The number of nitrogens with zero attached hydrogens (tertiary/aromatic N) is 3. The van der Waals surface area contributed by atoms with Gasteiger partial charge in [-0.3, -0.25) is 9.69 Å². The smallest absolute Gasteiger partial charge is 0.260 e. The van der Waals surface area contributed by atoms with Crippen molar-refractivity contribution in [3.05, 3.63) is 48.0 Å². The topological polar surface area (TPSA) is 54.9 Å². The molecule has 0 saturated carbocycles. The van der Waals surface area contributed by atoms with Gasteiger partial charge in [-0.2, -0.15) is 0 Å². The van der Waals surface area contributed by atoms with Gasteiger partial charge < -0.3 is 14.4 Å². The fourth-order valence-corrected chi connectivity index (χ4v) is 4.26. The van der Waals surface area contributed by atoms with E-state index in [1.54, 1.807) is 18.1 Å². The second-order valence-corrected chi connectivity index (χ2v) is 7.78. The van der Waals surface area contributed by atoms with Gasteiger partial charge in [0.1, 0.15) is 11.5 Å². The molecule has 1 amide bonds. The highest BCUT2D eigenvalue weighted by Gasteiger charge is 2.22. The van der Waals surface area contributed by atoms with Crippen molar-refractivity contribution in [3.63, 3.8) is 0 Å². The van der Waals surface area contributed by atoms with E-state index in [-0.39, 0.29) is 5.91 Å². The molecule has 30 heavy (non-hydrogen) atoms. The number of carbonyl (C=O) groups excluding carboxylic acids is 1. The van der Waals surface area contributed by atoms with Gasteiger partial charge in [-0.15, -0.1) is 0 Å². The number of ether oxygens (including phenoxy) is 2. The Morgan fingerprint density at radius 1 is 1.03 bits per heavy atom. The highest BCUT2D eigenvalue weighted by atomic mass is 32.1. The zero-order valence-corrected chi connectivity index (χ0v) is 18.9. The summed E-state index contributed by atoms with van der Waals surface area (Å²) in [6.45, 7) is 10.1. The lowest BCUT2D eigenvalue weighted by molar-refractivity contribution is 0.0983. The summed E-state index contributed by atoms with van der Waals surface area (Å²) in [4.78, 5) is 22.3. The molecular weight excluding hydrogens is 398 g/mol. The third kappa shape index (κ3) is 5.09. The minimum absolute atomic E-state index is 0.0786. The molecule has 0 aliphatic rings. The van der Waals surface area contributed by atoms with Gasteiger partial charge in [0.25, 0.3) is 5.91 Å². The fraction of sp³-hybridized carbons (Fsp3) is 0.391. The first-order chi connectivity index (χ1) is 14.6. The van der Waals surface area contributed by atoms with Crippen molar-refractivity contribution in [2.45, 2.75) is 20.8 Å². The summed E-state index contributed by atoms with van der Waals surface area (Å²) in [6.07, 6.45) is 0. The quantitative estimate of drug-likeness (QED) is 0.470. The SMILES string of the molecule is CCOc1ccc2nc(N(CCN(CC)CC)C(=O)c3cccc(OC)c3)sc2c1. The molecule has 3 rings (SSSR count). The minimum atomic E-state index is -0.0786. The number of anilines is 1. The van der Waals surface area contributed by atoms with Gasteiger partial charge in [-0.05, 0) is 56.4 Å². The number of hydrogen-bond acceptors (Lipinski definition) is 6. The van der Waals surface area contributed by atoms with Crippen LogP contribution in [-0.4, -0.2) is 55.7 Å². The third-order valence-electron chi connectivity index (χ3n) is 4.99. The van der Waals surface area contributed by atoms with Crippen molar-refractivity contribution in [2.24, 2.45) is 0 Å². The van der Waals surface area contributed by atoms with Crippen LogP contribution in [0.1, 0.15) is 31.1 Å². The molecule has 2 aromatic carbocycles. The number of rotatable bonds is 10. The minimum Gasteiger partial charge on any atom is -0.497 e. The van der Waals surface area contributed by atoms with Gasteiger partial charge in [0.15, 0.2) is 5.13 Å². The molecule has 6 nitrogen and oxygen atoms in total. The van der Waals surface area contributed by atoms with Crippen LogP contribution in [0.5, 0.6) is 11.5 Å². The van der Waals surface area contributed by atoms with Gasteiger partial charge in [0, 0.05) is 18.7 Å². The van der Waals surface area contributed by atoms with Crippen molar-refractivity contribution in [1.82, 2.24) is 9.88 Å². The second-order valence-electron chi connectivity index (χ2n) is 6.77. The summed E-state index contributed by atoms with van der Waals surface area (Å²) in [7, 11) is 1.60. The summed E-state index contributed by atoms with van der Waals surface area (Å²) < 4.78 is 11.9. The normalized spacial score (nSPS) is 11.1. The Bertz CT molecular complexity index is 985. The lowest BCUT2D eigenvalue weighted by Gasteiger charge is -2.24. The van der Waals surface area contributed by atoms with Gasteiger partial charge in [0.05, 0.1) is 23.9 Å². The van der Waals surface area contributed by atoms with Crippen LogP contribution < -0.4 is 14.4 Å². The molecular formula is C23H29N3O3S. The van der Waals surface area contributed by atoms with E-state index in [2.05, 4.69) is 18.7 Å². The number of likely N-dealkylation sites (N-methyl/N-ethyl adjacent to an activating group) is 1. The molecule has 0 aliphatic heterocycles. The highest BCUT2D eigenvalue weighted by molar-refractivity contribution is 7.22. The van der Waals surface area contributed by atoms with Crippen LogP contribution >= 0.6 is 11.3 Å². The lowest BCUT2D eigenvalue weighted by atomic mass is 10.2. The number of benzene rings is 2. The van der Waals surface area contributed by atoms with Crippen molar-refractivity contribution >= 4 is 32.6 Å². The molecule has 3 aromatic rings. The number of aromatic nitrogens is 1. The standard InChI is InChI=1S/C23H29N3O3S/c1-5-25(6-2)13-14-26(22(27)17-9-8-10-18(15-17)28-4)23-24-20-12-11-19(29-7-3)16-21(20)30-23/h8-12,15-16H,5-7,13-14H2,1-4H3. The largest absolute Gasteiger partial charge is 0.497 e. The van der Waals surface area contributed by atoms with Crippen molar-refractivity contribution in [2.75, 3.05) is 44.8 Å². The molecule has 1 aromatic heterocycles. The lowest BCUT2D eigenvalue weighted by Crippen LogP contribution is -2.38. The summed E-state index contributed by atoms with van der Waals surface area (Å²) in [5.74, 6) is 1.40. The van der Waals surface area contributed by atoms with E-state index in [0.717, 1.165) is 35.6 Å². The number of fused-ring (bicyclic) bond motifs is 1. The monoisotopic (exact) mass is 427 g/mol. The first-order valence-electron chi connectivity index (χ1n) is 10.3. The van der Waals surface area contributed by atoms with Gasteiger partial charge in [0.2, 0.25) is 0 Å². The molecule has 7 heteroatoms. The number of methoxy groups -OCH3 is 1. The molecule has 0 aliphatic carbocycles. The Hall–Kier alpha value is -2.64. The van der Waals surface area contributed by atoms with Crippen molar-refractivity contribution in [3.8, 4) is 11.5 Å². The number of hydrogen-bond donors (Lipinski definition) is 0. The van der Waals surface area contributed by atoms with E-state index in [1.807, 2.05) is 43.3 Å². The summed E-state index contributed by atoms with van der Waals surface area (Å²) in [5.41, 5.74) is 1.45. The molecule has 0 radical (unpaired) electrons. The van der Waals surface area contributed by atoms with Gasteiger partial charge >= 0.3 is 0 Å². The fourth-order valence-electron chi connectivity index (χ4n) is 3.24. The maximum Gasteiger partial charge on any atom is 0.260 e. The Morgan fingerprint density at radius 2 is 1.83 bits per heavy atom. The maximum atomic E-state index is 13.4. The van der Waals surface area contributed by atoms with Crippen LogP contribution in [0.25, 0.3) is 10.2 Å². The van der Waals surface area contributed by atoms with Gasteiger partial charge in [-0.1, -0.05) is 31.3 Å². The van der Waals surface area contributed by atoms with E-state index in [9.17, 15) is 4.79 Å². The molecule has 0 bridgehead atoms. The number of amides is 1. The molecule has 0 fully saturated rings. The third-order valence-corrected chi connectivity index (χ3v) is 6.03. The van der Waals surface area contributed by atoms with E-state index in [1.165, 1.54) is 11.3 Å². The summed E-state index contributed by atoms with van der Waals surface area (Å²) >= 11 is 1.51. The summed E-state index contributed by atoms with van der Waals surface area (Å²) in [6, 6.07) is 13.1. The molecule has 0 N–H and O–H groups in total. The molecule has 0 saturated heterocycles. The second kappa shape index (κ2) is 10.4. The highest BCUT2D eigenvalue weighted by Crippen LogP contribution is 2.32. The zero-order valence-electron chi connectivity index (χ0n) is 18.1. The first-order valence-corrected chi connectivity index (χ1v) is 11.1. The van der Waals surface area contributed by atoms with Crippen LogP contribution in [0.4, 0.5) is 5.13 Å². The Balaban J connectivity index is 1.95. The van der Waals surface area contributed by atoms with Crippen LogP contribution in [0.2, 0.25) is 0 Å². The van der Waals surface area contributed by atoms with Gasteiger partial charge in [-0.25, -0.2) is 4.98 Å². The molecule has 1 heterocycles. The molecule has 160 valence electrons. The summed E-state index contributed by atoms with van der Waals surface area (Å²) in [5, 5.41) is 0.693. The predicted octanol–water partition coefficient (Wildman–Crippen LogP) is 4.69. The zero-order chi connectivity index (χ0) is 21.5. The maximum absolute atomic E-state index is 13.4. The van der Waals surface area contributed by atoms with Crippen molar-refractivity contribution < 1.29 is 14.3 Å². The number of thiazole rings is 1. The average molecular weight is 428 g/mol. The van der Waals surface area contributed by atoms with Crippen molar-refractivity contribution in [1.29, 1.82) is 0 Å². The van der Waals surface area contributed by atoms with Crippen LogP contribution in [0, 0.1) is 0 Å². The molecule has 0 atom stereocenters. The van der Waals surface area contributed by atoms with Crippen LogP contribution in [0.3, 0.4) is 0 Å². The number of carbonyl (C=O) groups is 1. The van der Waals surface area contributed by atoms with E-state index >= 15 is 0 Å². The molecule has 0 unspecified atom stereocenters. The molecule has 0 spiro atoms. The van der Waals surface area contributed by atoms with E-state index in [4.69, 9.17) is 14.5 Å². The van der Waals surface area contributed by atoms with E-state index < -0.39 is 0 Å². The van der Waals surface area contributed by atoms with Crippen LogP contribution in [-0.2, 0) is 0 Å². The Morgan fingerprint density at radius 3 is 2.53 bits per heavy atom. The predicted molar refractivity (Wildman–Crippen MR) is 123 cm³/mol.